The van der Waals surface area contributed by atoms with Crippen molar-refractivity contribution in [1.29, 1.82) is 0 Å². The van der Waals surface area contributed by atoms with Gasteiger partial charge in [-0.3, -0.25) is 9.97 Å². The van der Waals surface area contributed by atoms with E-state index < -0.39 is 0 Å². The molecule has 0 amide bonds. The van der Waals surface area contributed by atoms with E-state index in [1.54, 1.807) is 18.6 Å². The van der Waals surface area contributed by atoms with Gasteiger partial charge in [0.15, 0.2) is 0 Å². The number of hydrogen-bond donors (Lipinski definition) is 2. The molecular formula is C19H25N7. The molecule has 2 fully saturated rings. The maximum atomic E-state index is 4.42. The van der Waals surface area contributed by atoms with E-state index in [0.29, 0.717) is 17.9 Å². The summed E-state index contributed by atoms with van der Waals surface area (Å²) in [5.41, 5.74) is 3.34. The van der Waals surface area contributed by atoms with Crippen LogP contribution in [0.25, 0.3) is 5.70 Å². The number of aromatic nitrogens is 4. The molecule has 4 heterocycles. The summed E-state index contributed by atoms with van der Waals surface area (Å²) in [4.78, 5) is 19.5. The summed E-state index contributed by atoms with van der Waals surface area (Å²) in [6.07, 6.45) is 12.5. The van der Waals surface area contributed by atoms with Gasteiger partial charge in [0.2, 0.25) is 5.95 Å². The zero-order chi connectivity index (χ0) is 17.8. The van der Waals surface area contributed by atoms with Crippen LogP contribution in [0, 0.1) is 5.41 Å². The van der Waals surface area contributed by atoms with E-state index in [0.717, 1.165) is 43.1 Å². The fraction of sp³-hybridized carbons (Fsp3) is 0.474. The first-order valence-electron chi connectivity index (χ1n) is 9.20. The minimum Gasteiger partial charge on any atom is -0.371 e. The molecular weight excluding hydrogens is 326 g/mol. The normalized spacial score (nSPS) is 18.8. The van der Waals surface area contributed by atoms with Gasteiger partial charge in [-0.15, -0.1) is 0 Å². The molecule has 0 radical (unpaired) electrons. The first kappa shape index (κ1) is 16.9. The van der Waals surface area contributed by atoms with Gasteiger partial charge in [-0.2, -0.15) is 0 Å². The standard InChI is InChI=1S/C19H25N7/c1-15(26-9-4-19(14-26)2-5-20-6-3-19)16-10-23-18(24-11-16)25-13-17-12-21-7-8-22-17/h7-8,10-12,20H,1-6,9,13-14H2,(H,23,24,25). The van der Waals surface area contributed by atoms with Crippen molar-refractivity contribution in [2.45, 2.75) is 25.8 Å². The van der Waals surface area contributed by atoms with E-state index >= 15 is 0 Å². The predicted octanol–water partition coefficient (Wildman–Crippen LogP) is 1.92. The molecule has 0 bridgehead atoms. The van der Waals surface area contributed by atoms with E-state index in [1.165, 1.54) is 19.3 Å². The highest BCUT2D eigenvalue weighted by Gasteiger charge is 2.39. The molecule has 2 aromatic heterocycles. The summed E-state index contributed by atoms with van der Waals surface area (Å²) in [7, 11) is 0. The largest absolute Gasteiger partial charge is 0.371 e. The Kier molecular flexibility index (Phi) is 4.79. The summed E-state index contributed by atoms with van der Waals surface area (Å²) in [6.45, 7) is 9.29. The quantitative estimate of drug-likeness (QED) is 0.852. The van der Waals surface area contributed by atoms with Crippen molar-refractivity contribution in [3.8, 4) is 0 Å². The number of hydrogen-bond acceptors (Lipinski definition) is 7. The summed E-state index contributed by atoms with van der Waals surface area (Å²) in [5.74, 6) is 0.587. The highest BCUT2D eigenvalue weighted by molar-refractivity contribution is 5.61. The molecule has 2 aliphatic heterocycles. The average Bonchev–Trinajstić information content (AvgIpc) is 3.11. The molecule has 136 valence electrons. The van der Waals surface area contributed by atoms with E-state index in [-0.39, 0.29) is 0 Å². The Balaban J connectivity index is 1.35. The molecule has 26 heavy (non-hydrogen) atoms. The Morgan fingerprint density at radius 1 is 1.12 bits per heavy atom. The van der Waals surface area contributed by atoms with Crippen molar-refractivity contribution in [3.63, 3.8) is 0 Å². The fourth-order valence-corrected chi connectivity index (χ4v) is 3.87. The first-order valence-corrected chi connectivity index (χ1v) is 9.20. The van der Waals surface area contributed by atoms with Gasteiger partial charge >= 0.3 is 0 Å². The van der Waals surface area contributed by atoms with Crippen molar-refractivity contribution < 1.29 is 0 Å². The van der Waals surface area contributed by atoms with Crippen LogP contribution in [0.15, 0.2) is 37.6 Å². The Labute approximate surface area is 154 Å². The number of likely N-dealkylation sites (tertiary alicyclic amines) is 1. The van der Waals surface area contributed by atoms with Gasteiger partial charge in [-0.25, -0.2) is 9.97 Å². The highest BCUT2D eigenvalue weighted by Crippen LogP contribution is 2.40. The second-order valence-electron chi connectivity index (χ2n) is 7.21. The Bertz CT molecular complexity index is 738. The second-order valence-corrected chi connectivity index (χ2v) is 7.21. The molecule has 7 heteroatoms. The zero-order valence-electron chi connectivity index (χ0n) is 15.0. The molecule has 0 unspecified atom stereocenters. The van der Waals surface area contributed by atoms with Crippen LogP contribution < -0.4 is 10.6 Å². The van der Waals surface area contributed by atoms with Crippen molar-refractivity contribution in [2.24, 2.45) is 5.41 Å². The van der Waals surface area contributed by atoms with Crippen LogP contribution in [-0.4, -0.2) is 51.0 Å². The molecule has 0 aliphatic carbocycles. The second kappa shape index (κ2) is 7.37. The number of anilines is 1. The number of nitrogens with one attached hydrogen (secondary N) is 2. The van der Waals surface area contributed by atoms with Crippen molar-refractivity contribution >= 4 is 11.6 Å². The molecule has 0 atom stereocenters. The summed E-state index contributed by atoms with van der Waals surface area (Å²) >= 11 is 0. The van der Waals surface area contributed by atoms with Gasteiger partial charge in [0.25, 0.3) is 0 Å². The average molecular weight is 351 g/mol. The SMILES string of the molecule is C=C(c1cnc(NCc2cnccn2)nc1)N1CCC2(CCNCC2)C1. The van der Waals surface area contributed by atoms with Crippen LogP contribution in [0.5, 0.6) is 0 Å². The molecule has 1 spiro atoms. The van der Waals surface area contributed by atoms with Crippen LogP contribution in [0.2, 0.25) is 0 Å². The third-order valence-corrected chi connectivity index (χ3v) is 5.51. The third kappa shape index (κ3) is 3.67. The lowest BCUT2D eigenvalue weighted by Gasteiger charge is -2.34. The van der Waals surface area contributed by atoms with Crippen molar-refractivity contribution in [3.05, 3.63) is 48.8 Å². The number of piperidine rings is 1. The van der Waals surface area contributed by atoms with Gasteiger partial charge in [-0.1, -0.05) is 6.58 Å². The lowest BCUT2D eigenvalue weighted by molar-refractivity contribution is 0.215. The van der Waals surface area contributed by atoms with Crippen molar-refractivity contribution in [2.75, 3.05) is 31.5 Å². The number of rotatable bonds is 5. The lowest BCUT2D eigenvalue weighted by atomic mass is 9.78. The number of nitrogens with zero attached hydrogens (tertiary/aromatic N) is 5. The highest BCUT2D eigenvalue weighted by atomic mass is 15.2. The summed E-state index contributed by atoms with van der Waals surface area (Å²) in [5, 5.41) is 6.63. The predicted molar refractivity (Wildman–Crippen MR) is 101 cm³/mol. The molecule has 4 rings (SSSR count). The molecule has 2 aromatic rings. The van der Waals surface area contributed by atoms with E-state index in [1.807, 2.05) is 12.4 Å². The van der Waals surface area contributed by atoms with E-state index in [9.17, 15) is 0 Å². The molecule has 2 aliphatic rings. The Morgan fingerprint density at radius 2 is 1.92 bits per heavy atom. The summed E-state index contributed by atoms with van der Waals surface area (Å²) < 4.78 is 0. The van der Waals surface area contributed by atoms with Gasteiger partial charge in [0, 0.05) is 49.1 Å². The van der Waals surface area contributed by atoms with Crippen LogP contribution in [0.3, 0.4) is 0 Å². The molecule has 0 saturated carbocycles. The smallest absolute Gasteiger partial charge is 0.222 e. The Morgan fingerprint density at radius 3 is 2.65 bits per heavy atom. The van der Waals surface area contributed by atoms with Crippen molar-refractivity contribution in [1.82, 2.24) is 30.2 Å². The van der Waals surface area contributed by atoms with Crippen LogP contribution in [0.4, 0.5) is 5.95 Å². The van der Waals surface area contributed by atoms with Gasteiger partial charge < -0.3 is 15.5 Å². The van der Waals surface area contributed by atoms with E-state index in [2.05, 4.69) is 42.0 Å². The molecule has 0 aromatic carbocycles. The zero-order valence-corrected chi connectivity index (χ0v) is 15.0. The maximum absolute atomic E-state index is 4.42. The third-order valence-electron chi connectivity index (χ3n) is 5.51. The van der Waals surface area contributed by atoms with Crippen LogP contribution in [-0.2, 0) is 6.54 Å². The maximum Gasteiger partial charge on any atom is 0.222 e. The molecule has 2 saturated heterocycles. The van der Waals surface area contributed by atoms with E-state index in [4.69, 9.17) is 0 Å². The van der Waals surface area contributed by atoms with Gasteiger partial charge in [0.1, 0.15) is 0 Å². The minimum atomic E-state index is 0.466. The summed E-state index contributed by atoms with van der Waals surface area (Å²) in [6, 6.07) is 0. The van der Waals surface area contributed by atoms with Crippen LogP contribution in [0.1, 0.15) is 30.5 Å². The molecule has 2 N–H and O–H groups in total. The monoisotopic (exact) mass is 351 g/mol. The minimum absolute atomic E-state index is 0.466. The first-order chi connectivity index (χ1) is 12.7. The van der Waals surface area contributed by atoms with Gasteiger partial charge in [0.05, 0.1) is 18.4 Å². The van der Waals surface area contributed by atoms with Crippen LogP contribution >= 0.6 is 0 Å². The Hall–Kier alpha value is -2.54. The topological polar surface area (TPSA) is 78.9 Å². The molecule has 7 nitrogen and oxygen atoms in total. The fourth-order valence-electron chi connectivity index (χ4n) is 3.87. The lowest BCUT2D eigenvalue weighted by Crippen LogP contribution is -2.38. The van der Waals surface area contributed by atoms with Gasteiger partial charge in [-0.05, 0) is 37.8 Å².